The number of rotatable bonds is 4. The first kappa shape index (κ1) is 16.8. The molecule has 0 aromatic heterocycles. The standard InChI is InChI=1S/C22H20O3/c1-2-24-20-10-6-18(7-11-20)22(14-4-3-5-15-22)19-8-12-21(13-9-19)25-17-16-23/h1,6-13,23H,3-5,14-15H2. The largest absolute Gasteiger partial charge is 0.460 e. The Morgan fingerprint density at radius 3 is 1.80 bits per heavy atom. The Bertz CT molecular complexity index is 796. The van der Waals surface area contributed by atoms with Crippen LogP contribution in [0.4, 0.5) is 0 Å². The highest BCUT2D eigenvalue weighted by Gasteiger charge is 2.35. The highest BCUT2D eigenvalue weighted by molar-refractivity contribution is 5.44. The number of benzene rings is 2. The van der Waals surface area contributed by atoms with Gasteiger partial charge in [0.15, 0.2) is 12.2 Å². The highest BCUT2D eigenvalue weighted by Crippen LogP contribution is 2.45. The molecule has 2 aromatic rings. The lowest BCUT2D eigenvalue weighted by molar-refractivity contribution is 0.345. The van der Waals surface area contributed by atoms with Gasteiger partial charge in [0.2, 0.25) is 0 Å². The summed E-state index contributed by atoms with van der Waals surface area (Å²) in [6.45, 7) is 0. The summed E-state index contributed by atoms with van der Waals surface area (Å²) in [5.74, 6) is 1.30. The van der Waals surface area contributed by atoms with Crippen molar-refractivity contribution < 1.29 is 14.6 Å². The van der Waals surface area contributed by atoms with Crippen LogP contribution in [-0.2, 0) is 5.41 Å². The second-order valence-corrected chi connectivity index (χ2v) is 6.23. The lowest BCUT2D eigenvalue weighted by Crippen LogP contribution is -2.30. The third-order valence-electron chi connectivity index (χ3n) is 4.91. The van der Waals surface area contributed by atoms with Crippen LogP contribution >= 0.6 is 0 Å². The molecule has 0 aliphatic heterocycles. The van der Waals surface area contributed by atoms with Crippen molar-refractivity contribution in [2.75, 3.05) is 0 Å². The predicted octanol–water partition coefficient (Wildman–Crippen LogP) is 4.58. The van der Waals surface area contributed by atoms with Crippen LogP contribution < -0.4 is 9.47 Å². The van der Waals surface area contributed by atoms with Gasteiger partial charge in [-0.25, -0.2) is 0 Å². The summed E-state index contributed by atoms with van der Waals surface area (Å²) < 4.78 is 10.3. The topological polar surface area (TPSA) is 38.7 Å². The van der Waals surface area contributed by atoms with Crippen LogP contribution in [0.15, 0.2) is 48.5 Å². The van der Waals surface area contributed by atoms with E-state index in [1.807, 2.05) is 24.3 Å². The van der Waals surface area contributed by atoms with Crippen molar-refractivity contribution in [2.45, 2.75) is 37.5 Å². The highest BCUT2D eigenvalue weighted by atomic mass is 16.5. The van der Waals surface area contributed by atoms with Gasteiger partial charge in [0, 0.05) is 5.41 Å². The summed E-state index contributed by atoms with van der Waals surface area (Å²) in [7, 11) is 0. The van der Waals surface area contributed by atoms with Crippen molar-refractivity contribution >= 4 is 0 Å². The summed E-state index contributed by atoms with van der Waals surface area (Å²) in [5, 5.41) is 8.53. The molecule has 0 amide bonds. The third kappa shape index (κ3) is 3.57. The molecule has 0 unspecified atom stereocenters. The monoisotopic (exact) mass is 332 g/mol. The molecule has 1 aliphatic rings. The first-order chi connectivity index (χ1) is 12.3. The fraction of sp³-hybridized carbons (Fsp3) is 0.273. The molecule has 25 heavy (non-hydrogen) atoms. The molecule has 0 saturated heterocycles. The molecule has 3 rings (SSSR count). The van der Waals surface area contributed by atoms with Gasteiger partial charge in [-0.1, -0.05) is 50.0 Å². The molecule has 0 atom stereocenters. The second-order valence-electron chi connectivity index (χ2n) is 6.23. The van der Waals surface area contributed by atoms with Gasteiger partial charge < -0.3 is 14.6 Å². The zero-order valence-corrected chi connectivity index (χ0v) is 14.0. The molecular formula is C22H20O3. The van der Waals surface area contributed by atoms with Crippen LogP contribution in [0.5, 0.6) is 11.5 Å². The van der Waals surface area contributed by atoms with Gasteiger partial charge in [0.1, 0.15) is 17.6 Å². The normalized spacial score (nSPS) is 15.3. The number of hydrogen-bond donors (Lipinski definition) is 1. The average molecular weight is 332 g/mol. The predicted molar refractivity (Wildman–Crippen MR) is 96.5 cm³/mol. The Morgan fingerprint density at radius 2 is 1.32 bits per heavy atom. The van der Waals surface area contributed by atoms with E-state index in [1.54, 1.807) is 6.11 Å². The number of aliphatic hydroxyl groups excluding tert-OH is 1. The molecule has 0 bridgehead atoms. The zero-order valence-electron chi connectivity index (χ0n) is 14.0. The molecule has 0 radical (unpaired) electrons. The minimum absolute atomic E-state index is 0.00584. The number of hydrogen-bond acceptors (Lipinski definition) is 3. The summed E-state index contributed by atoms with van der Waals surface area (Å²) in [6, 6.07) is 16.0. The number of terminal acetylenes is 1. The quantitative estimate of drug-likeness (QED) is 0.833. The summed E-state index contributed by atoms with van der Waals surface area (Å²) in [5.41, 5.74) is 2.54. The molecule has 2 aromatic carbocycles. The first-order valence-electron chi connectivity index (χ1n) is 8.43. The minimum atomic E-state index is -0.00584. The maximum atomic E-state index is 8.53. The third-order valence-corrected chi connectivity index (χ3v) is 4.91. The van der Waals surface area contributed by atoms with Crippen LogP contribution in [0.2, 0.25) is 0 Å². The van der Waals surface area contributed by atoms with Gasteiger partial charge in [-0.3, -0.25) is 0 Å². The number of aliphatic hydroxyl groups is 1. The second kappa shape index (κ2) is 7.69. The Labute approximate surface area is 148 Å². The van der Waals surface area contributed by atoms with Crippen molar-refractivity contribution in [2.24, 2.45) is 0 Å². The van der Waals surface area contributed by atoms with E-state index in [0.29, 0.717) is 11.5 Å². The lowest BCUT2D eigenvalue weighted by Gasteiger charge is -2.38. The van der Waals surface area contributed by atoms with E-state index >= 15 is 0 Å². The van der Waals surface area contributed by atoms with Gasteiger partial charge >= 0.3 is 0 Å². The van der Waals surface area contributed by atoms with Crippen molar-refractivity contribution in [3.8, 4) is 36.2 Å². The van der Waals surface area contributed by atoms with Gasteiger partial charge in [-0.05, 0) is 48.2 Å². The SMILES string of the molecule is C#COc1ccc(C2(c3ccc(OC#CO)cc3)CCCCC2)cc1. The van der Waals surface area contributed by atoms with Crippen molar-refractivity contribution in [3.63, 3.8) is 0 Å². The van der Waals surface area contributed by atoms with Crippen LogP contribution in [0.25, 0.3) is 0 Å². The molecule has 0 heterocycles. The van der Waals surface area contributed by atoms with Crippen molar-refractivity contribution in [3.05, 3.63) is 59.7 Å². The summed E-state index contributed by atoms with van der Waals surface area (Å²) in [4.78, 5) is 0. The summed E-state index contributed by atoms with van der Waals surface area (Å²) in [6.07, 6.45) is 17.2. The zero-order chi connectivity index (χ0) is 17.5. The maximum Gasteiger partial charge on any atom is 0.160 e. The minimum Gasteiger partial charge on any atom is -0.460 e. The Morgan fingerprint density at radius 1 is 0.800 bits per heavy atom. The van der Waals surface area contributed by atoms with Crippen LogP contribution in [0.1, 0.15) is 43.2 Å². The van der Waals surface area contributed by atoms with E-state index in [0.717, 1.165) is 12.8 Å². The fourth-order valence-corrected chi connectivity index (χ4v) is 3.73. The fourth-order valence-electron chi connectivity index (χ4n) is 3.73. The van der Waals surface area contributed by atoms with E-state index in [1.165, 1.54) is 30.4 Å². The first-order valence-corrected chi connectivity index (χ1v) is 8.43. The van der Waals surface area contributed by atoms with Gasteiger partial charge in [0.05, 0.1) is 0 Å². The van der Waals surface area contributed by atoms with E-state index < -0.39 is 0 Å². The van der Waals surface area contributed by atoms with E-state index in [9.17, 15) is 0 Å². The van der Waals surface area contributed by atoms with Gasteiger partial charge in [-0.15, -0.1) is 0 Å². The smallest absolute Gasteiger partial charge is 0.160 e. The molecule has 1 fully saturated rings. The van der Waals surface area contributed by atoms with E-state index in [4.69, 9.17) is 21.0 Å². The van der Waals surface area contributed by atoms with Gasteiger partial charge in [-0.2, -0.15) is 0 Å². The van der Waals surface area contributed by atoms with Crippen LogP contribution in [-0.4, -0.2) is 5.11 Å². The van der Waals surface area contributed by atoms with Crippen molar-refractivity contribution in [1.29, 1.82) is 0 Å². The Kier molecular flexibility index (Phi) is 5.17. The molecule has 3 nitrogen and oxygen atoms in total. The van der Waals surface area contributed by atoms with E-state index in [-0.39, 0.29) is 5.41 Å². The number of ether oxygens (including phenoxy) is 2. The molecule has 1 N–H and O–H groups in total. The maximum absolute atomic E-state index is 8.53. The molecule has 1 aliphatic carbocycles. The van der Waals surface area contributed by atoms with Crippen LogP contribution in [0.3, 0.4) is 0 Å². The van der Waals surface area contributed by atoms with Gasteiger partial charge in [0.25, 0.3) is 0 Å². The van der Waals surface area contributed by atoms with Crippen molar-refractivity contribution in [1.82, 2.24) is 0 Å². The molecular weight excluding hydrogens is 312 g/mol. The Balaban J connectivity index is 1.95. The van der Waals surface area contributed by atoms with E-state index in [2.05, 4.69) is 36.5 Å². The Hall–Kier alpha value is -3.04. The average Bonchev–Trinajstić information content (AvgIpc) is 2.68. The van der Waals surface area contributed by atoms with Crippen LogP contribution in [0, 0.1) is 24.7 Å². The molecule has 126 valence electrons. The molecule has 3 heteroatoms. The molecule has 0 spiro atoms. The lowest BCUT2D eigenvalue weighted by atomic mass is 9.65. The summed E-state index contributed by atoms with van der Waals surface area (Å²) >= 11 is 0. The molecule has 1 saturated carbocycles.